The van der Waals surface area contributed by atoms with Gasteiger partial charge in [-0.2, -0.15) is 0 Å². The fourth-order valence-electron chi connectivity index (χ4n) is 4.14. The molecule has 0 aromatic heterocycles. The Kier molecular flexibility index (Phi) is 4.87. The van der Waals surface area contributed by atoms with Gasteiger partial charge in [-0.05, 0) is 51.5 Å². The van der Waals surface area contributed by atoms with Crippen LogP contribution in [-0.4, -0.2) is 29.6 Å². The van der Waals surface area contributed by atoms with Crippen molar-refractivity contribution in [2.24, 2.45) is 11.7 Å². The van der Waals surface area contributed by atoms with Crippen LogP contribution in [0.4, 0.5) is 0 Å². The molecule has 0 aromatic carbocycles. The number of nitrogens with zero attached hydrogens (tertiary/aromatic N) is 1. The van der Waals surface area contributed by atoms with Crippen molar-refractivity contribution in [3.05, 3.63) is 0 Å². The number of rotatable bonds is 3. The van der Waals surface area contributed by atoms with Crippen molar-refractivity contribution >= 4 is 0 Å². The van der Waals surface area contributed by atoms with E-state index in [1.165, 1.54) is 51.4 Å². The summed E-state index contributed by atoms with van der Waals surface area (Å²) in [5.74, 6) is 0.757. The largest absolute Gasteiger partial charge is 0.330 e. The number of nitrogens with two attached hydrogens (primary N) is 1. The molecule has 2 nitrogen and oxygen atoms in total. The van der Waals surface area contributed by atoms with Crippen molar-refractivity contribution < 1.29 is 0 Å². The fraction of sp³-hybridized carbons (Fsp3) is 1.00. The second-order valence-corrected chi connectivity index (χ2v) is 6.14. The first kappa shape index (κ1) is 13.4. The van der Waals surface area contributed by atoms with E-state index in [0.717, 1.165) is 30.6 Å². The Labute approximate surface area is 107 Å². The quantitative estimate of drug-likeness (QED) is 0.765. The molecule has 1 aliphatic heterocycles. The predicted molar refractivity (Wildman–Crippen MR) is 74.0 cm³/mol. The summed E-state index contributed by atoms with van der Waals surface area (Å²) < 4.78 is 0. The van der Waals surface area contributed by atoms with E-state index in [1.807, 2.05) is 0 Å². The first-order valence-electron chi connectivity index (χ1n) is 7.75. The third-order valence-electron chi connectivity index (χ3n) is 5.12. The van der Waals surface area contributed by atoms with Gasteiger partial charge in [-0.25, -0.2) is 0 Å². The van der Waals surface area contributed by atoms with Crippen molar-refractivity contribution in [1.82, 2.24) is 4.90 Å². The van der Waals surface area contributed by atoms with Gasteiger partial charge in [0.2, 0.25) is 0 Å². The topological polar surface area (TPSA) is 29.3 Å². The van der Waals surface area contributed by atoms with E-state index >= 15 is 0 Å². The van der Waals surface area contributed by atoms with E-state index < -0.39 is 0 Å². The van der Waals surface area contributed by atoms with E-state index in [1.54, 1.807) is 0 Å². The zero-order valence-corrected chi connectivity index (χ0v) is 11.7. The van der Waals surface area contributed by atoms with Crippen LogP contribution in [0.1, 0.15) is 65.2 Å². The molecule has 2 fully saturated rings. The zero-order chi connectivity index (χ0) is 12.3. The molecule has 0 aromatic rings. The molecule has 1 saturated carbocycles. The molecule has 2 aliphatic rings. The molecule has 0 amide bonds. The van der Waals surface area contributed by atoms with E-state index in [0.29, 0.717) is 0 Å². The summed E-state index contributed by atoms with van der Waals surface area (Å²) >= 11 is 0. The zero-order valence-electron chi connectivity index (χ0n) is 11.7. The summed E-state index contributed by atoms with van der Waals surface area (Å²) in [5, 5.41) is 0. The molecule has 2 N–H and O–H groups in total. The molecule has 0 spiro atoms. The molecular weight excluding hydrogens is 208 g/mol. The summed E-state index contributed by atoms with van der Waals surface area (Å²) in [7, 11) is 0. The average molecular weight is 238 g/mol. The minimum absolute atomic E-state index is 0.757. The summed E-state index contributed by atoms with van der Waals surface area (Å²) in [6, 6.07) is 2.41. The van der Waals surface area contributed by atoms with Crippen LogP contribution >= 0.6 is 0 Å². The molecule has 2 rings (SSSR count). The Hall–Kier alpha value is -0.0800. The minimum Gasteiger partial charge on any atom is -0.330 e. The Morgan fingerprint density at radius 2 is 1.82 bits per heavy atom. The van der Waals surface area contributed by atoms with Crippen molar-refractivity contribution in [3.8, 4) is 0 Å². The molecule has 100 valence electrons. The molecule has 1 saturated heterocycles. The smallest absolute Gasteiger partial charge is 0.0141 e. The first-order valence-corrected chi connectivity index (χ1v) is 7.75. The maximum Gasteiger partial charge on any atom is 0.0141 e. The highest BCUT2D eigenvalue weighted by atomic mass is 15.2. The second kappa shape index (κ2) is 6.19. The average Bonchev–Trinajstić information content (AvgIpc) is 2.58. The first-order chi connectivity index (χ1) is 8.27. The van der Waals surface area contributed by atoms with Crippen molar-refractivity contribution in [2.45, 2.75) is 83.3 Å². The molecule has 4 atom stereocenters. The fourth-order valence-corrected chi connectivity index (χ4v) is 4.14. The Bertz CT molecular complexity index is 229. The molecular formula is C15H30N2. The van der Waals surface area contributed by atoms with Gasteiger partial charge in [-0.3, -0.25) is 4.90 Å². The molecule has 0 radical (unpaired) electrons. The summed E-state index contributed by atoms with van der Waals surface area (Å²) in [6.07, 6.45) is 11.1. The SMILES string of the molecule is CCC1CCC(C)N1C1CCCCCC1CN. The lowest BCUT2D eigenvalue weighted by Crippen LogP contribution is -2.48. The van der Waals surface area contributed by atoms with E-state index in [9.17, 15) is 0 Å². The number of hydrogen-bond acceptors (Lipinski definition) is 2. The van der Waals surface area contributed by atoms with Crippen molar-refractivity contribution in [2.75, 3.05) is 6.54 Å². The van der Waals surface area contributed by atoms with Gasteiger partial charge in [0.25, 0.3) is 0 Å². The lowest BCUT2D eigenvalue weighted by molar-refractivity contribution is 0.0860. The highest BCUT2D eigenvalue weighted by molar-refractivity contribution is 4.93. The van der Waals surface area contributed by atoms with Crippen LogP contribution in [0.3, 0.4) is 0 Å². The maximum atomic E-state index is 6.04. The normalized spacial score (nSPS) is 40.4. The maximum absolute atomic E-state index is 6.04. The third kappa shape index (κ3) is 2.85. The van der Waals surface area contributed by atoms with Gasteiger partial charge < -0.3 is 5.73 Å². The van der Waals surface area contributed by atoms with Crippen LogP contribution in [-0.2, 0) is 0 Å². The van der Waals surface area contributed by atoms with Crippen LogP contribution in [0.5, 0.6) is 0 Å². The molecule has 17 heavy (non-hydrogen) atoms. The van der Waals surface area contributed by atoms with Gasteiger partial charge in [0.05, 0.1) is 0 Å². The van der Waals surface area contributed by atoms with Crippen LogP contribution < -0.4 is 5.73 Å². The van der Waals surface area contributed by atoms with Gasteiger partial charge in [-0.1, -0.05) is 26.2 Å². The number of hydrogen-bond donors (Lipinski definition) is 1. The predicted octanol–water partition coefficient (Wildman–Crippen LogP) is 3.16. The van der Waals surface area contributed by atoms with Crippen LogP contribution in [0, 0.1) is 5.92 Å². The van der Waals surface area contributed by atoms with Crippen LogP contribution in [0.25, 0.3) is 0 Å². The second-order valence-electron chi connectivity index (χ2n) is 6.14. The van der Waals surface area contributed by atoms with Gasteiger partial charge >= 0.3 is 0 Å². The third-order valence-corrected chi connectivity index (χ3v) is 5.12. The molecule has 1 heterocycles. The molecule has 4 unspecified atom stereocenters. The van der Waals surface area contributed by atoms with Crippen LogP contribution in [0.15, 0.2) is 0 Å². The summed E-state index contributed by atoms with van der Waals surface area (Å²) in [6.45, 7) is 5.67. The van der Waals surface area contributed by atoms with Crippen LogP contribution in [0.2, 0.25) is 0 Å². The van der Waals surface area contributed by atoms with Crippen molar-refractivity contribution in [3.63, 3.8) is 0 Å². The van der Waals surface area contributed by atoms with Gasteiger partial charge in [0.15, 0.2) is 0 Å². The van der Waals surface area contributed by atoms with Gasteiger partial charge in [0.1, 0.15) is 0 Å². The highest BCUT2D eigenvalue weighted by Gasteiger charge is 2.38. The van der Waals surface area contributed by atoms with E-state index in [2.05, 4.69) is 18.7 Å². The summed E-state index contributed by atoms with van der Waals surface area (Å²) in [5.41, 5.74) is 6.04. The monoisotopic (exact) mass is 238 g/mol. The number of likely N-dealkylation sites (tertiary alicyclic amines) is 1. The highest BCUT2D eigenvalue weighted by Crippen LogP contribution is 2.35. The Morgan fingerprint density at radius 1 is 1.06 bits per heavy atom. The standard InChI is InChI=1S/C15H30N2/c1-3-14-10-9-12(2)17(14)15-8-6-4-5-7-13(15)11-16/h12-15H,3-11,16H2,1-2H3. The lowest BCUT2D eigenvalue weighted by Gasteiger charge is -2.39. The van der Waals surface area contributed by atoms with Crippen molar-refractivity contribution in [1.29, 1.82) is 0 Å². The van der Waals surface area contributed by atoms with E-state index in [-0.39, 0.29) is 0 Å². The lowest BCUT2D eigenvalue weighted by atomic mass is 9.92. The minimum atomic E-state index is 0.757. The molecule has 0 bridgehead atoms. The molecule has 2 heteroatoms. The van der Waals surface area contributed by atoms with Gasteiger partial charge in [-0.15, -0.1) is 0 Å². The van der Waals surface area contributed by atoms with Gasteiger partial charge in [0, 0.05) is 18.1 Å². The van der Waals surface area contributed by atoms with E-state index in [4.69, 9.17) is 5.73 Å². The Morgan fingerprint density at radius 3 is 2.53 bits per heavy atom. The Balaban J connectivity index is 2.10. The summed E-state index contributed by atoms with van der Waals surface area (Å²) in [4.78, 5) is 2.85. The molecule has 1 aliphatic carbocycles.